The normalized spacial score (nSPS) is 10.6. The second kappa shape index (κ2) is 8.92. The number of carbonyl (C=O) groups is 1. The number of methoxy groups -OCH3 is 1. The Balaban J connectivity index is 1.58. The SMILES string of the molecule is COc1ccc(C(=O)NCc2nnc(SCc3ccccc3Cl)n2C)cc1. The second-order valence-corrected chi connectivity index (χ2v) is 7.10. The fourth-order valence-corrected chi connectivity index (χ4v) is 3.60. The van der Waals surface area contributed by atoms with Gasteiger partial charge in [0.1, 0.15) is 5.75 Å². The molecule has 0 radical (unpaired) electrons. The van der Waals surface area contributed by atoms with Crippen LogP contribution in [0.5, 0.6) is 5.75 Å². The molecule has 3 aromatic rings. The van der Waals surface area contributed by atoms with E-state index in [2.05, 4.69) is 15.5 Å². The Kier molecular flexibility index (Phi) is 6.36. The maximum absolute atomic E-state index is 12.3. The molecule has 3 rings (SSSR count). The molecule has 0 unspecified atom stereocenters. The van der Waals surface area contributed by atoms with E-state index < -0.39 is 0 Å². The fraction of sp³-hybridized carbons (Fsp3) is 0.211. The van der Waals surface area contributed by atoms with Crippen LogP contribution in [0.1, 0.15) is 21.7 Å². The molecule has 0 atom stereocenters. The molecule has 0 bridgehead atoms. The van der Waals surface area contributed by atoms with Gasteiger partial charge in [-0.2, -0.15) is 0 Å². The van der Waals surface area contributed by atoms with Gasteiger partial charge in [-0.05, 0) is 35.9 Å². The highest BCUT2D eigenvalue weighted by molar-refractivity contribution is 7.98. The number of carbonyl (C=O) groups excluding carboxylic acids is 1. The summed E-state index contributed by atoms with van der Waals surface area (Å²) in [5.41, 5.74) is 1.60. The fourth-order valence-electron chi connectivity index (χ4n) is 2.39. The number of halogens is 1. The Labute approximate surface area is 166 Å². The van der Waals surface area contributed by atoms with E-state index in [1.807, 2.05) is 35.9 Å². The summed E-state index contributed by atoms with van der Waals surface area (Å²) in [5, 5.41) is 12.7. The highest BCUT2D eigenvalue weighted by Gasteiger charge is 2.12. The van der Waals surface area contributed by atoms with Crippen LogP contribution in [-0.2, 0) is 19.3 Å². The summed E-state index contributed by atoms with van der Waals surface area (Å²) in [4.78, 5) is 12.3. The third kappa shape index (κ3) is 4.81. The topological polar surface area (TPSA) is 69.0 Å². The standard InChI is InChI=1S/C19H19ClN4O2S/c1-24-17(11-21-18(25)13-7-9-15(26-2)10-8-13)22-23-19(24)27-12-14-5-3-4-6-16(14)20/h3-10H,11-12H2,1-2H3,(H,21,25). The molecule has 2 aromatic carbocycles. The molecule has 1 heterocycles. The molecule has 0 saturated carbocycles. The number of aromatic nitrogens is 3. The first-order valence-electron chi connectivity index (χ1n) is 8.25. The van der Waals surface area contributed by atoms with Crippen LogP contribution in [0.3, 0.4) is 0 Å². The minimum absolute atomic E-state index is 0.175. The molecule has 0 spiro atoms. The van der Waals surface area contributed by atoms with Crippen LogP contribution in [0.15, 0.2) is 53.7 Å². The van der Waals surface area contributed by atoms with Crippen molar-refractivity contribution in [2.75, 3.05) is 7.11 Å². The van der Waals surface area contributed by atoms with E-state index >= 15 is 0 Å². The van der Waals surface area contributed by atoms with Gasteiger partial charge in [0.2, 0.25) is 0 Å². The van der Waals surface area contributed by atoms with Gasteiger partial charge in [0, 0.05) is 23.4 Å². The van der Waals surface area contributed by atoms with Crippen LogP contribution in [0.25, 0.3) is 0 Å². The lowest BCUT2D eigenvalue weighted by atomic mass is 10.2. The number of hydrogen-bond acceptors (Lipinski definition) is 5. The van der Waals surface area contributed by atoms with Crippen molar-refractivity contribution in [1.29, 1.82) is 0 Å². The van der Waals surface area contributed by atoms with Crippen molar-refractivity contribution in [3.05, 3.63) is 70.5 Å². The van der Waals surface area contributed by atoms with E-state index in [0.717, 1.165) is 15.7 Å². The Morgan fingerprint density at radius 2 is 1.93 bits per heavy atom. The number of nitrogens with zero attached hydrogens (tertiary/aromatic N) is 3. The van der Waals surface area contributed by atoms with E-state index in [1.165, 1.54) is 0 Å². The zero-order valence-electron chi connectivity index (χ0n) is 15.0. The molecular formula is C19H19ClN4O2S. The number of benzene rings is 2. The van der Waals surface area contributed by atoms with Gasteiger partial charge in [-0.3, -0.25) is 4.79 Å². The van der Waals surface area contributed by atoms with Crippen molar-refractivity contribution in [1.82, 2.24) is 20.1 Å². The smallest absolute Gasteiger partial charge is 0.251 e. The number of nitrogens with one attached hydrogen (secondary N) is 1. The van der Waals surface area contributed by atoms with Crippen molar-refractivity contribution in [3.63, 3.8) is 0 Å². The van der Waals surface area contributed by atoms with Crippen molar-refractivity contribution < 1.29 is 9.53 Å². The lowest BCUT2D eigenvalue weighted by Gasteiger charge is -2.07. The Bertz CT molecular complexity index is 928. The lowest BCUT2D eigenvalue weighted by molar-refractivity contribution is 0.0949. The van der Waals surface area contributed by atoms with Gasteiger partial charge in [-0.1, -0.05) is 41.6 Å². The minimum Gasteiger partial charge on any atom is -0.497 e. The molecular weight excluding hydrogens is 384 g/mol. The first-order chi connectivity index (χ1) is 13.1. The molecule has 0 aliphatic heterocycles. The molecule has 0 fully saturated rings. The molecule has 6 nitrogen and oxygen atoms in total. The number of rotatable bonds is 7. The summed E-state index contributed by atoms with van der Waals surface area (Å²) in [6.07, 6.45) is 0. The van der Waals surface area contributed by atoms with Gasteiger partial charge < -0.3 is 14.6 Å². The van der Waals surface area contributed by atoms with E-state index in [9.17, 15) is 4.79 Å². The van der Waals surface area contributed by atoms with Gasteiger partial charge in [0.15, 0.2) is 11.0 Å². The summed E-state index contributed by atoms with van der Waals surface area (Å²) in [6.45, 7) is 0.293. The van der Waals surface area contributed by atoms with Crippen LogP contribution in [-0.4, -0.2) is 27.8 Å². The molecule has 8 heteroatoms. The zero-order chi connectivity index (χ0) is 19.2. The number of thioether (sulfide) groups is 1. The van der Waals surface area contributed by atoms with Crippen LogP contribution < -0.4 is 10.1 Å². The summed E-state index contributed by atoms with van der Waals surface area (Å²) in [6, 6.07) is 14.7. The Morgan fingerprint density at radius 3 is 2.63 bits per heavy atom. The van der Waals surface area contributed by atoms with Crippen molar-refractivity contribution >= 4 is 29.3 Å². The summed E-state index contributed by atoms with van der Waals surface area (Å²) < 4.78 is 6.97. The maximum Gasteiger partial charge on any atom is 0.251 e. The molecule has 1 aromatic heterocycles. The van der Waals surface area contributed by atoms with Gasteiger partial charge in [0.25, 0.3) is 5.91 Å². The van der Waals surface area contributed by atoms with Gasteiger partial charge in [-0.25, -0.2) is 0 Å². The second-order valence-electron chi connectivity index (χ2n) is 5.75. The maximum atomic E-state index is 12.3. The zero-order valence-corrected chi connectivity index (χ0v) is 16.5. The summed E-state index contributed by atoms with van der Waals surface area (Å²) >= 11 is 7.73. The van der Waals surface area contributed by atoms with Crippen molar-refractivity contribution in [3.8, 4) is 5.75 Å². The predicted molar refractivity (Wildman–Crippen MR) is 106 cm³/mol. The largest absolute Gasteiger partial charge is 0.497 e. The van der Waals surface area contributed by atoms with Gasteiger partial charge in [0.05, 0.1) is 13.7 Å². The van der Waals surface area contributed by atoms with Crippen LogP contribution in [0, 0.1) is 0 Å². The van der Waals surface area contributed by atoms with Crippen molar-refractivity contribution in [2.45, 2.75) is 17.5 Å². The van der Waals surface area contributed by atoms with Gasteiger partial charge in [-0.15, -0.1) is 10.2 Å². The quantitative estimate of drug-likeness (QED) is 0.610. The first kappa shape index (κ1) is 19.3. The average molecular weight is 403 g/mol. The van der Waals surface area contributed by atoms with Crippen LogP contribution >= 0.6 is 23.4 Å². The minimum atomic E-state index is -0.175. The number of amides is 1. The molecule has 0 saturated heterocycles. The lowest BCUT2D eigenvalue weighted by Crippen LogP contribution is -2.24. The molecule has 0 aliphatic rings. The first-order valence-corrected chi connectivity index (χ1v) is 9.61. The van der Waals surface area contributed by atoms with E-state index in [0.29, 0.717) is 29.4 Å². The predicted octanol–water partition coefficient (Wildman–Crippen LogP) is 3.70. The highest BCUT2D eigenvalue weighted by atomic mass is 35.5. The highest BCUT2D eigenvalue weighted by Crippen LogP contribution is 2.25. The van der Waals surface area contributed by atoms with Gasteiger partial charge >= 0.3 is 0 Å². The van der Waals surface area contributed by atoms with Crippen LogP contribution in [0.2, 0.25) is 5.02 Å². The number of hydrogen-bond donors (Lipinski definition) is 1. The summed E-state index contributed by atoms with van der Waals surface area (Å²) in [7, 11) is 3.47. The third-order valence-corrected chi connectivity index (χ3v) is 5.44. The van der Waals surface area contributed by atoms with E-state index in [-0.39, 0.29) is 5.91 Å². The summed E-state index contributed by atoms with van der Waals surface area (Å²) in [5.74, 6) is 1.91. The monoisotopic (exact) mass is 402 g/mol. The number of ether oxygens (including phenoxy) is 1. The molecule has 27 heavy (non-hydrogen) atoms. The van der Waals surface area contributed by atoms with Crippen molar-refractivity contribution in [2.24, 2.45) is 7.05 Å². The van der Waals surface area contributed by atoms with E-state index in [4.69, 9.17) is 16.3 Å². The Morgan fingerprint density at radius 1 is 1.19 bits per heavy atom. The molecule has 140 valence electrons. The third-order valence-electron chi connectivity index (χ3n) is 4.00. The Hall–Kier alpha value is -2.51. The molecule has 0 aliphatic carbocycles. The van der Waals surface area contributed by atoms with Crippen LogP contribution in [0.4, 0.5) is 0 Å². The molecule has 1 amide bonds. The molecule has 1 N–H and O–H groups in total. The van der Waals surface area contributed by atoms with E-state index in [1.54, 1.807) is 43.1 Å². The average Bonchev–Trinajstić information content (AvgIpc) is 3.05.